The Balaban J connectivity index is 1.58. The number of carbonyl (C=O) groups is 2. The second-order valence-corrected chi connectivity index (χ2v) is 9.31. The summed E-state index contributed by atoms with van der Waals surface area (Å²) in [6.07, 6.45) is 4.04. The second-order valence-electron chi connectivity index (χ2n) is 9.31. The smallest absolute Gasteiger partial charge is 0.278 e. The first-order chi connectivity index (χ1) is 19.2. The van der Waals surface area contributed by atoms with Crippen LogP contribution in [-0.4, -0.2) is 47.4 Å². The van der Waals surface area contributed by atoms with Crippen molar-refractivity contribution in [1.82, 2.24) is 14.9 Å². The van der Waals surface area contributed by atoms with Gasteiger partial charge < -0.3 is 19.7 Å². The molecule has 3 aromatic rings. The predicted molar refractivity (Wildman–Crippen MR) is 138 cm³/mol. The van der Waals surface area contributed by atoms with Gasteiger partial charge in [0, 0.05) is 43.6 Å². The van der Waals surface area contributed by atoms with Gasteiger partial charge in [-0.05, 0) is 18.6 Å². The number of benzene rings is 2. The van der Waals surface area contributed by atoms with E-state index in [4.69, 9.17) is 9.47 Å². The number of carbonyl (C=O) groups excluding carboxylic acids is 2. The van der Waals surface area contributed by atoms with Gasteiger partial charge >= 0.3 is 0 Å². The molecular weight excluding hydrogens is 529 g/mol. The third kappa shape index (κ3) is 4.93. The van der Waals surface area contributed by atoms with Gasteiger partial charge in [0.15, 0.2) is 17.7 Å². The number of amides is 2. The maximum atomic E-state index is 14.1. The van der Waals surface area contributed by atoms with Gasteiger partial charge in [-0.3, -0.25) is 24.1 Å². The molecule has 0 fully saturated rings. The van der Waals surface area contributed by atoms with Gasteiger partial charge in [0.25, 0.3) is 11.8 Å². The fourth-order valence-electron chi connectivity index (χ4n) is 4.61. The Morgan fingerprint density at radius 2 is 1.77 bits per heavy atom. The Labute approximate surface area is 227 Å². The summed E-state index contributed by atoms with van der Waals surface area (Å²) in [5, 5.41) is 3.93. The molecule has 2 amide bonds. The van der Waals surface area contributed by atoms with Gasteiger partial charge in [0.2, 0.25) is 5.43 Å². The molecule has 5 rings (SSSR count). The van der Waals surface area contributed by atoms with Crippen LogP contribution in [0.2, 0.25) is 0 Å². The quantitative estimate of drug-likeness (QED) is 0.452. The fourth-order valence-corrected chi connectivity index (χ4v) is 4.61. The molecule has 12 heteroatoms. The first-order valence-electron chi connectivity index (χ1n) is 12.4. The summed E-state index contributed by atoms with van der Waals surface area (Å²) in [5.41, 5.74) is -1.29. The molecule has 0 aliphatic carbocycles. The molecule has 3 heterocycles. The highest BCUT2D eigenvalue weighted by molar-refractivity contribution is 5.99. The standard InChI is InChI=1S/C28H25F3N4O5/c1-16-8-9-23(39-2)35-15-33(16)28(38)24-26(40-14-17-6-4-3-5-7-17)25(36)20(13-34(24)35)27(37)32-12-19-21(30)10-18(29)11-22(19)31/h3-11,13,16,23H,12,14-15H2,1-2H3,(H,32,37)/t16-,23+/m0/s1. The van der Waals surface area contributed by atoms with E-state index in [1.54, 1.807) is 41.4 Å². The summed E-state index contributed by atoms with van der Waals surface area (Å²) < 4.78 is 54.4. The normalized spacial score (nSPS) is 17.9. The number of nitrogens with zero attached hydrogens (tertiary/aromatic N) is 3. The van der Waals surface area contributed by atoms with Crippen molar-refractivity contribution in [3.63, 3.8) is 0 Å². The van der Waals surface area contributed by atoms with Gasteiger partial charge in [-0.25, -0.2) is 13.2 Å². The lowest BCUT2D eigenvalue weighted by Gasteiger charge is -2.42. The number of pyridine rings is 1. The van der Waals surface area contributed by atoms with Gasteiger partial charge in [-0.1, -0.05) is 36.4 Å². The van der Waals surface area contributed by atoms with E-state index in [2.05, 4.69) is 5.32 Å². The number of nitrogens with one attached hydrogen (secondary N) is 1. The van der Waals surface area contributed by atoms with E-state index >= 15 is 0 Å². The Morgan fingerprint density at radius 3 is 2.45 bits per heavy atom. The van der Waals surface area contributed by atoms with Crippen LogP contribution in [0.15, 0.2) is 65.6 Å². The van der Waals surface area contributed by atoms with E-state index in [1.807, 2.05) is 13.0 Å². The maximum Gasteiger partial charge on any atom is 0.278 e. The molecule has 0 unspecified atom stereocenters. The first-order valence-corrected chi connectivity index (χ1v) is 12.4. The highest BCUT2D eigenvalue weighted by atomic mass is 19.1. The minimum atomic E-state index is -1.19. The van der Waals surface area contributed by atoms with Crippen LogP contribution in [0, 0.1) is 17.5 Å². The molecule has 2 aromatic carbocycles. The average molecular weight is 555 g/mol. The summed E-state index contributed by atoms with van der Waals surface area (Å²) in [6.45, 7) is 1.16. The largest absolute Gasteiger partial charge is 0.482 e. The van der Waals surface area contributed by atoms with Gasteiger partial charge in [0.1, 0.15) is 36.3 Å². The van der Waals surface area contributed by atoms with Crippen molar-refractivity contribution >= 4 is 11.8 Å². The number of aromatic nitrogens is 1. The minimum absolute atomic E-state index is 0.0745. The van der Waals surface area contributed by atoms with E-state index in [0.717, 1.165) is 0 Å². The second kappa shape index (κ2) is 10.9. The Bertz CT molecular complexity index is 1540. The lowest BCUT2D eigenvalue weighted by atomic mass is 10.1. The third-order valence-corrected chi connectivity index (χ3v) is 6.77. The van der Waals surface area contributed by atoms with Crippen molar-refractivity contribution in [2.75, 3.05) is 18.8 Å². The maximum absolute atomic E-state index is 14.1. The molecule has 0 radical (unpaired) electrons. The summed E-state index contributed by atoms with van der Waals surface area (Å²) in [4.78, 5) is 42.0. The Morgan fingerprint density at radius 1 is 1.07 bits per heavy atom. The van der Waals surface area contributed by atoms with Crippen LogP contribution < -0.4 is 20.5 Å². The number of rotatable bonds is 7. The zero-order valence-electron chi connectivity index (χ0n) is 21.6. The van der Waals surface area contributed by atoms with Crippen LogP contribution in [0.25, 0.3) is 0 Å². The van der Waals surface area contributed by atoms with Crippen LogP contribution in [0.5, 0.6) is 5.75 Å². The zero-order valence-corrected chi connectivity index (χ0v) is 21.6. The molecule has 1 N–H and O–H groups in total. The number of fused-ring (bicyclic) bond motifs is 4. The van der Waals surface area contributed by atoms with Gasteiger partial charge in [-0.2, -0.15) is 0 Å². The van der Waals surface area contributed by atoms with Crippen molar-refractivity contribution in [2.45, 2.75) is 32.3 Å². The molecule has 2 aliphatic rings. The number of hydrogen-bond donors (Lipinski definition) is 1. The number of hydrogen-bond acceptors (Lipinski definition) is 6. The summed E-state index contributed by atoms with van der Waals surface area (Å²) in [7, 11) is 1.47. The fraction of sp³-hybridized carbons (Fsp3) is 0.250. The van der Waals surface area contributed by atoms with Crippen LogP contribution in [0.3, 0.4) is 0 Å². The molecule has 2 atom stereocenters. The summed E-state index contributed by atoms with van der Waals surface area (Å²) in [5.74, 6) is -5.31. The number of methoxy groups -OCH3 is 1. The molecule has 2 aliphatic heterocycles. The minimum Gasteiger partial charge on any atom is -0.482 e. The molecule has 0 saturated carbocycles. The predicted octanol–water partition coefficient (Wildman–Crippen LogP) is 3.06. The molecule has 40 heavy (non-hydrogen) atoms. The van der Waals surface area contributed by atoms with E-state index in [-0.39, 0.29) is 30.8 Å². The summed E-state index contributed by atoms with van der Waals surface area (Å²) in [6, 6.07) is 9.57. The molecule has 1 aromatic heterocycles. The Kier molecular flexibility index (Phi) is 7.35. The van der Waals surface area contributed by atoms with Crippen LogP contribution in [0.4, 0.5) is 13.2 Å². The highest BCUT2D eigenvalue weighted by Crippen LogP contribution is 2.28. The van der Waals surface area contributed by atoms with E-state index < -0.39 is 58.6 Å². The van der Waals surface area contributed by atoms with Crippen molar-refractivity contribution in [2.24, 2.45) is 0 Å². The van der Waals surface area contributed by atoms with E-state index in [0.29, 0.717) is 17.7 Å². The number of ether oxygens (including phenoxy) is 2. The SMILES string of the molecule is CO[C@@H]1C=C[C@H](C)N2CN1n1cc(C(=O)NCc3c(F)cc(F)cc3F)c(=O)c(OCc3ccccc3)c1C2=O. The van der Waals surface area contributed by atoms with E-state index in [9.17, 15) is 27.6 Å². The lowest BCUT2D eigenvalue weighted by molar-refractivity contribution is 0.0540. The van der Waals surface area contributed by atoms with Crippen molar-refractivity contribution in [3.8, 4) is 5.75 Å². The first kappa shape index (κ1) is 27.0. The summed E-state index contributed by atoms with van der Waals surface area (Å²) >= 11 is 0. The van der Waals surface area contributed by atoms with Gasteiger partial charge in [-0.15, -0.1) is 0 Å². The van der Waals surface area contributed by atoms with Crippen molar-refractivity contribution < 1.29 is 32.2 Å². The Hall–Kier alpha value is -4.58. The van der Waals surface area contributed by atoms with Crippen LogP contribution in [0.1, 0.15) is 38.9 Å². The third-order valence-electron chi connectivity index (χ3n) is 6.77. The van der Waals surface area contributed by atoms with Crippen molar-refractivity contribution in [3.05, 3.63) is 111 Å². The molecule has 0 saturated heterocycles. The molecule has 208 valence electrons. The number of halogens is 3. The van der Waals surface area contributed by atoms with Gasteiger partial charge in [0.05, 0.1) is 0 Å². The zero-order chi connectivity index (χ0) is 28.6. The van der Waals surface area contributed by atoms with Crippen LogP contribution >= 0.6 is 0 Å². The van der Waals surface area contributed by atoms with Crippen LogP contribution in [-0.2, 0) is 17.9 Å². The molecular formula is C28H25F3N4O5. The topological polar surface area (TPSA) is 93.1 Å². The molecule has 9 nitrogen and oxygen atoms in total. The molecule has 0 spiro atoms. The van der Waals surface area contributed by atoms with Crippen molar-refractivity contribution in [1.29, 1.82) is 0 Å². The highest BCUT2D eigenvalue weighted by Gasteiger charge is 2.40. The van der Waals surface area contributed by atoms with E-state index in [1.165, 1.54) is 22.9 Å². The lowest BCUT2D eigenvalue weighted by Crippen LogP contribution is -2.58. The molecule has 2 bridgehead atoms. The average Bonchev–Trinajstić information content (AvgIpc) is 3.07. The monoisotopic (exact) mass is 554 g/mol.